The summed E-state index contributed by atoms with van der Waals surface area (Å²) in [6, 6.07) is 0. The number of imidazole rings is 1. The highest BCUT2D eigenvalue weighted by atomic mass is 19.3. The predicted octanol–water partition coefficient (Wildman–Crippen LogP) is 0.949. The molecular weight excluding hydrogens is 142 g/mol. The lowest BCUT2D eigenvalue weighted by atomic mass is 10.4. The fourth-order valence-corrected chi connectivity index (χ4v) is 0.703. The number of alkyl halides is 2. The molecule has 0 radical (unpaired) electrons. The third-order valence-corrected chi connectivity index (χ3v) is 1.17. The van der Waals surface area contributed by atoms with E-state index in [1.54, 1.807) is 0 Å². The second kappa shape index (κ2) is 2.24. The van der Waals surface area contributed by atoms with Gasteiger partial charge in [-0.3, -0.25) is 0 Å². The van der Waals surface area contributed by atoms with Crippen molar-refractivity contribution in [3.05, 3.63) is 21.9 Å². The third kappa shape index (κ3) is 1.07. The monoisotopic (exact) mass is 148 g/mol. The number of aromatic amines is 2. The van der Waals surface area contributed by atoms with Gasteiger partial charge in [0.25, 0.3) is 6.43 Å². The molecule has 5 heteroatoms. The Morgan fingerprint density at radius 1 is 1.40 bits per heavy atom. The Labute approximate surface area is 55.1 Å². The second-order valence-electron chi connectivity index (χ2n) is 1.92. The number of hydrogen-bond donors (Lipinski definition) is 2. The predicted molar refractivity (Wildman–Crippen MR) is 31.1 cm³/mol. The van der Waals surface area contributed by atoms with Gasteiger partial charge in [-0.25, -0.2) is 13.6 Å². The summed E-state index contributed by atoms with van der Waals surface area (Å²) < 4.78 is 23.7. The van der Waals surface area contributed by atoms with Crippen molar-refractivity contribution in [2.24, 2.45) is 0 Å². The van der Waals surface area contributed by atoms with Crippen molar-refractivity contribution in [2.75, 3.05) is 0 Å². The van der Waals surface area contributed by atoms with E-state index < -0.39 is 12.1 Å². The Balaban J connectivity index is 3.15. The van der Waals surface area contributed by atoms with Crippen LogP contribution in [0.2, 0.25) is 0 Å². The van der Waals surface area contributed by atoms with Crippen LogP contribution >= 0.6 is 0 Å². The zero-order chi connectivity index (χ0) is 7.72. The molecular formula is C5H6F2N2O. The highest BCUT2D eigenvalue weighted by Crippen LogP contribution is 2.16. The van der Waals surface area contributed by atoms with E-state index in [-0.39, 0.29) is 11.4 Å². The van der Waals surface area contributed by atoms with Gasteiger partial charge in [0.15, 0.2) is 0 Å². The summed E-state index contributed by atoms with van der Waals surface area (Å²) in [4.78, 5) is 14.6. The van der Waals surface area contributed by atoms with E-state index in [0.29, 0.717) is 0 Å². The van der Waals surface area contributed by atoms with E-state index in [1.165, 1.54) is 6.92 Å². The van der Waals surface area contributed by atoms with Gasteiger partial charge in [0.2, 0.25) is 0 Å². The molecule has 0 unspecified atom stereocenters. The quantitative estimate of drug-likeness (QED) is 0.612. The zero-order valence-electron chi connectivity index (χ0n) is 5.24. The molecule has 0 amide bonds. The second-order valence-corrected chi connectivity index (χ2v) is 1.92. The van der Waals surface area contributed by atoms with Gasteiger partial charge in [0, 0.05) is 5.69 Å². The van der Waals surface area contributed by atoms with E-state index in [2.05, 4.69) is 4.98 Å². The highest BCUT2D eigenvalue weighted by molar-refractivity contribution is 5.09. The normalized spacial score (nSPS) is 10.8. The minimum absolute atomic E-state index is 0.194. The first-order valence-corrected chi connectivity index (χ1v) is 2.68. The molecule has 1 rings (SSSR count). The SMILES string of the molecule is Cc1[nH]c(=O)[nH]c1C(F)F. The van der Waals surface area contributed by atoms with E-state index in [4.69, 9.17) is 0 Å². The standard InChI is InChI=1S/C5H6F2N2O/c1-2-3(4(6)7)9-5(10)8-2/h4H,1H3,(H2,8,9,10). The van der Waals surface area contributed by atoms with Crippen molar-refractivity contribution in [1.29, 1.82) is 0 Å². The van der Waals surface area contributed by atoms with Crippen molar-refractivity contribution in [3.63, 3.8) is 0 Å². The van der Waals surface area contributed by atoms with Crippen molar-refractivity contribution in [1.82, 2.24) is 9.97 Å². The molecule has 10 heavy (non-hydrogen) atoms. The Morgan fingerprint density at radius 3 is 2.20 bits per heavy atom. The minimum atomic E-state index is -2.61. The first kappa shape index (κ1) is 6.98. The van der Waals surface area contributed by atoms with Crippen LogP contribution in [0.25, 0.3) is 0 Å². The van der Waals surface area contributed by atoms with Crippen molar-refractivity contribution in [2.45, 2.75) is 13.3 Å². The number of H-pyrrole nitrogens is 2. The summed E-state index contributed by atoms with van der Waals surface area (Å²) >= 11 is 0. The van der Waals surface area contributed by atoms with Crippen LogP contribution in [-0.4, -0.2) is 9.97 Å². The number of nitrogens with one attached hydrogen (secondary N) is 2. The zero-order valence-corrected chi connectivity index (χ0v) is 5.24. The maximum Gasteiger partial charge on any atom is 0.323 e. The van der Waals surface area contributed by atoms with Crippen LogP contribution in [0.5, 0.6) is 0 Å². The lowest BCUT2D eigenvalue weighted by Gasteiger charge is -1.92. The molecule has 2 N–H and O–H groups in total. The fraction of sp³-hybridized carbons (Fsp3) is 0.400. The summed E-state index contributed by atoms with van der Waals surface area (Å²) in [7, 11) is 0. The topological polar surface area (TPSA) is 48.6 Å². The number of halogens is 2. The summed E-state index contributed by atoms with van der Waals surface area (Å²) in [6.45, 7) is 1.42. The molecule has 0 bridgehead atoms. The van der Waals surface area contributed by atoms with E-state index in [1.807, 2.05) is 4.98 Å². The van der Waals surface area contributed by atoms with Crippen LogP contribution < -0.4 is 5.69 Å². The van der Waals surface area contributed by atoms with Crippen LogP contribution in [0, 0.1) is 6.92 Å². The molecule has 0 fully saturated rings. The summed E-state index contributed by atoms with van der Waals surface area (Å²) in [5.41, 5.74) is -0.724. The minimum Gasteiger partial charge on any atom is -0.310 e. The van der Waals surface area contributed by atoms with E-state index in [0.717, 1.165) is 0 Å². The van der Waals surface area contributed by atoms with E-state index in [9.17, 15) is 13.6 Å². The molecule has 0 saturated heterocycles. The molecule has 1 aromatic heterocycles. The van der Waals surface area contributed by atoms with Crippen molar-refractivity contribution >= 4 is 0 Å². The van der Waals surface area contributed by atoms with Crippen LogP contribution in [0.15, 0.2) is 4.79 Å². The largest absolute Gasteiger partial charge is 0.323 e. The number of aromatic nitrogens is 2. The van der Waals surface area contributed by atoms with Gasteiger partial charge in [-0.05, 0) is 6.92 Å². The number of rotatable bonds is 1. The van der Waals surface area contributed by atoms with Gasteiger partial charge < -0.3 is 9.97 Å². The molecule has 3 nitrogen and oxygen atoms in total. The van der Waals surface area contributed by atoms with Crippen LogP contribution in [-0.2, 0) is 0 Å². The van der Waals surface area contributed by atoms with Crippen LogP contribution in [0.3, 0.4) is 0 Å². The van der Waals surface area contributed by atoms with Gasteiger partial charge in [0.1, 0.15) is 5.69 Å². The lowest BCUT2D eigenvalue weighted by Crippen LogP contribution is -2.01. The first-order chi connectivity index (χ1) is 4.61. The molecule has 0 spiro atoms. The Kier molecular flexibility index (Phi) is 1.57. The van der Waals surface area contributed by atoms with Crippen molar-refractivity contribution in [3.8, 4) is 0 Å². The first-order valence-electron chi connectivity index (χ1n) is 2.68. The third-order valence-electron chi connectivity index (χ3n) is 1.17. The van der Waals surface area contributed by atoms with Gasteiger partial charge in [-0.2, -0.15) is 0 Å². The molecule has 0 saturated carbocycles. The molecule has 1 aromatic rings. The number of aryl methyl sites for hydroxylation is 1. The van der Waals surface area contributed by atoms with Gasteiger partial charge >= 0.3 is 5.69 Å². The smallest absolute Gasteiger partial charge is 0.310 e. The van der Waals surface area contributed by atoms with Gasteiger partial charge in [-0.15, -0.1) is 0 Å². The van der Waals surface area contributed by atoms with Crippen molar-refractivity contribution < 1.29 is 8.78 Å². The highest BCUT2D eigenvalue weighted by Gasteiger charge is 2.12. The molecule has 0 aromatic carbocycles. The summed E-state index contributed by atoms with van der Waals surface area (Å²) in [6.07, 6.45) is -2.61. The molecule has 0 aliphatic carbocycles. The molecule has 56 valence electrons. The Bertz CT molecular complexity index is 275. The molecule has 0 aliphatic rings. The lowest BCUT2D eigenvalue weighted by molar-refractivity contribution is 0.145. The van der Waals surface area contributed by atoms with Crippen LogP contribution in [0.4, 0.5) is 8.78 Å². The summed E-state index contributed by atoms with van der Waals surface area (Å²) in [5.74, 6) is 0. The summed E-state index contributed by atoms with van der Waals surface area (Å²) in [5, 5.41) is 0. The average molecular weight is 148 g/mol. The molecule has 0 atom stereocenters. The molecule has 1 heterocycles. The maximum absolute atomic E-state index is 11.9. The maximum atomic E-state index is 11.9. The van der Waals surface area contributed by atoms with Gasteiger partial charge in [0.05, 0.1) is 0 Å². The van der Waals surface area contributed by atoms with Gasteiger partial charge in [-0.1, -0.05) is 0 Å². The average Bonchev–Trinajstić information content (AvgIpc) is 2.10. The fourth-order valence-electron chi connectivity index (χ4n) is 0.703. The van der Waals surface area contributed by atoms with E-state index >= 15 is 0 Å². The Hall–Kier alpha value is -1.13. The number of hydrogen-bond acceptors (Lipinski definition) is 1. The molecule has 0 aliphatic heterocycles. The Morgan fingerprint density at radius 2 is 2.00 bits per heavy atom. The van der Waals surface area contributed by atoms with Crippen LogP contribution in [0.1, 0.15) is 17.8 Å².